The maximum Gasteiger partial charge on any atom is 0.234 e. The van der Waals surface area contributed by atoms with Gasteiger partial charge in [-0.05, 0) is 43.7 Å². The van der Waals surface area contributed by atoms with Gasteiger partial charge in [0.05, 0.1) is 19.6 Å². The molecule has 0 heterocycles. The maximum atomic E-state index is 13.1. The molecule has 0 atom stereocenters. The van der Waals surface area contributed by atoms with Crippen LogP contribution in [0.25, 0.3) is 0 Å². The van der Waals surface area contributed by atoms with E-state index < -0.39 is 5.41 Å². The first kappa shape index (κ1) is 16.8. The number of nitrogens with one attached hydrogen (secondary N) is 1. The molecule has 2 aromatic carbocycles. The maximum absolute atomic E-state index is 13.1. The number of carbonyl (C=O) groups excluding carboxylic acids is 1. The molecule has 0 bridgehead atoms. The fourth-order valence-corrected chi connectivity index (χ4v) is 2.20. The number of ether oxygens (including phenoxy) is 2. The molecular weight excluding hydrogens is 297 g/mol. The van der Waals surface area contributed by atoms with Crippen molar-refractivity contribution in [3.63, 3.8) is 0 Å². The molecule has 2 aromatic rings. The Balaban J connectivity index is 2.22. The highest BCUT2D eigenvalue weighted by molar-refractivity contribution is 5.98. The quantitative estimate of drug-likeness (QED) is 0.913. The van der Waals surface area contributed by atoms with E-state index in [1.165, 1.54) is 19.2 Å². The van der Waals surface area contributed by atoms with Crippen molar-refractivity contribution in [1.82, 2.24) is 0 Å². The number of hydrogen-bond acceptors (Lipinski definition) is 3. The standard InChI is InChI=1S/C18H20FNO3/c1-18(2,12-5-7-13(19)8-6-12)17(21)20-14-9-10-15(22-3)16(11-14)23-4/h5-11H,1-4H3,(H,20,21). The van der Waals surface area contributed by atoms with Gasteiger partial charge in [0.1, 0.15) is 5.82 Å². The number of hydrogen-bond donors (Lipinski definition) is 1. The van der Waals surface area contributed by atoms with E-state index in [2.05, 4.69) is 5.32 Å². The predicted molar refractivity (Wildman–Crippen MR) is 87.6 cm³/mol. The van der Waals surface area contributed by atoms with Gasteiger partial charge in [0, 0.05) is 11.8 Å². The summed E-state index contributed by atoms with van der Waals surface area (Å²) in [5.74, 6) is 0.592. The molecule has 0 aliphatic rings. The average Bonchev–Trinajstić information content (AvgIpc) is 2.55. The van der Waals surface area contributed by atoms with Crippen LogP contribution in [0.1, 0.15) is 19.4 Å². The summed E-state index contributed by atoms with van der Waals surface area (Å²) < 4.78 is 23.4. The SMILES string of the molecule is COc1ccc(NC(=O)C(C)(C)c2ccc(F)cc2)cc1OC. The van der Waals surface area contributed by atoms with Crippen molar-refractivity contribution in [2.45, 2.75) is 19.3 Å². The Morgan fingerprint density at radius 3 is 2.17 bits per heavy atom. The van der Waals surface area contributed by atoms with Crippen LogP contribution in [0, 0.1) is 5.82 Å². The number of methoxy groups -OCH3 is 2. The van der Waals surface area contributed by atoms with Gasteiger partial charge in [0.2, 0.25) is 5.91 Å². The average molecular weight is 317 g/mol. The van der Waals surface area contributed by atoms with E-state index in [0.717, 1.165) is 5.56 Å². The van der Waals surface area contributed by atoms with Gasteiger partial charge in [-0.25, -0.2) is 4.39 Å². The van der Waals surface area contributed by atoms with Crippen molar-refractivity contribution in [2.75, 3.05) is 19.5 Å². The van der Waals surface area contributed by atoms with E-state index in [0.29, 0.717) is 17.2 Å². The molecule has 122 valence electrons. The van der Waals surface area contributed by atoms with Crippen LogP contribution >= 0.6 is 0 Å². The minimum absolute atomic E-state index is 0.198. The monoisotopic (exact) mass is 317 g/mol. The summed E-state index contributed by atoms with van der Waals surface area (Å²) in [7, 11) is 3.08. The summed E-state index contributed by atoms with van der Waals surface area (Å²) in [4.78, 5) is 12.6. The topological polar surface area (TPSA) is 47.6 Å². The van der Waals surface area contributed by atoms with Gasteiger partial charge in [0.15, 0.2) is 11.5 Å². The summed E-state index contributed by atoms with van der Waals surface area (Å²) in [6.07, 6.45) is 0. The fourth-order valence-electron chi connectivity index (χ4n) is 2.20. The molecule has 23 heavy (non-hydrogen) atoms. The third kappa shape index (κ3) is 3.62. The van der Waals surface area contributed by atoms with Gasteiger partial charge in [-0.1, -0.05) is 12.1 Å². The molecule has 0 aliphatic carbocycles. The van der Waals surface area contributed by atoms with Crippen LogP contribution in [-0.4, -0.2) is 20.1 Å². The van der Waals surface area contributed by atoms with Gasteiger partial charge >= 0.3 is 0 Å². The number of carbonyl (C=O) groups is 1. The van der Waals surface area contributed by atoms with Gasteiger partial charge in [0.25, 0.3) is 0 Å². The Kier molecular flexibility index (Phi) is 4.89. The van der Waals surface area contributed by atoms with E-state index in [1.54, 1.807) is 51.3 Å². The minimum Gasteiger partial charge on any atom is -0.493 e. The van der Waals surface area contributed by atoms with Crippen LogP contribution < -0.4 is 14.8 Å². The Labute approximate surface area is 135 Å². The highest BCUT2D eigenvalue weighted by Gasteiger charge is 2.30. The summed E-state index contributed by atoms with van der Waals surface area (Å²) in [5, 5.41) is 2.85. The Morgan fingerprint density at radius 2 is 1.61 bits per heavy atom. The molecule has 0 saturated carbocycles. The first-order valence-corrected chi connectivity index (χ1v) is 7.18. The second-order valence-electron chi connectivity index (χ2n) is 5.66. The van der Waals surface area contributed by atoms with Crippen LogP contribution in [0.2, 0.25) is 0 Å². The van der Waals surface area contributed by atoms with Gasteiger partial charge < -0.3 is 14.8 Å². The van der Waals surface area contributed by atoms with Gasteiger partial charge in [-0.3, -0.25) is 4.79 Å². The van der Waals surface area contributed by atoms with Crippen molar-refractivity contribution < 1.29 is 18.7 Å². The molecule has 1 N–H and O–H groups in total. The Morgan fingerprint density at radius 1 is 1.00 bits per heavy atom. The van der Waals surface area contributed by atoms with Crippen molar-refractivity contribution in [3.8, 4) is 11.5 Å². The molecule has 2 rings (SSSR count). The molecule has 0 aromatic heterocycles. The van der Waals surface area contributed by atoms with Gasteiger partial charge in [-0.2, -0.15) is 0 Å². The van der Waals surface area contributed by atoms with Crippen molar-refractivity contribution in [3.05, 3.63) is 53.8 Å². The number of rotatable bonds is 5. The molecule has 0 spiro atoms. The van der Waals surface area contributed by atoms with Gasteiger partial charge in [-0.15, -0.1) is 0 Å². The first-order valence-electron chi connectivity index (χ1n) is 7.18. The summed E-state index contributed by atoms with van der Waals surface area (Å²) in [5.41, 5.74) is 0.528. The summed E-state index contributed by atoms with van der Waals surface area (Å²) in [6, 6.07) is 11.1. The fraction of sp³-hybridized carbons (Fsp3) is 0.278. The van der Waals surface area contributed by atoms with Crippen molar-refractivity contribution in [1.29, 1.82) is 0 Å². The second kappa shape index (κ2) is 6.69. The minimum atomic E-state index is -0.805. The molecule has 0 aliphatic heterocycles. The number of amides is 1. The zero-order valence-corrected chi connectivity index (χ0v) is 13.6. The normalized spacial score (nSPS) is 11.0. The molecule has 1 amide bonds. The van der Waals surface area contributed by atoms with E-state index >= 15 is 0 Å². The lowest BCUT2D eigenvalue weighted by atomic mass is 9.83. The molecular formula is C18H20FNO3. The van der Waals surface area contributed by atoms with Crippen LogP contribution in [0.15, 0.2) is 42.5 Å². The molecule has 0 unspecified atom stereocenters. The molecule has 0 fully saturated rings. The highest BCUT2D eigenvalue weighted by atomic mass is 19.1. The van der Waals surface area contributed by atoms with Crippen molar-refractivity contribution >= 4 is 11.6 Å². The lowest BCUT2D eigenvalue weighted by Gasteiger charge is -2.24. The first-order chi connectivity index (χ1) is 10.9. The summed E-state index contributed by atoms with van der Waals surface area (Å²) in [6.45, 7) is 3.58. The van der Waals surface area contributed by atoms with Crippen LogP contribution in [0.3, 0.4) is 0 Å². The molecule has 4 nitrogen and oxygen atoms in total. The summed E-state index contributed by atoms with van der Waals surface area (Å²) >= 11 is 0. The third-order valence-electron chi connectivity index (χ3n) is 3.77. The number of anilines is 1. The highest BCUT2D eigenvalue weighted by Crippen LogP contribution is 2.31. The van der Waals surface area contributed by atoms with E-state index in [4.69, 9.17) is 9.47 Å². The molecule has 5 heteroatoms. The smallest absolute Gasteiger partial charge is 0.234 e. The van der Waals surface area contributed by atoms with E-state index in [-0.39, 0.29) is 11.7 Å². The number of benzene rings is 2. The lowest BCUT2D eigenvalue weighted by Crippen LogP contribution is -2.34. The molecule has 0 saturated heterocycles. The van der Waals surface area contributed by atoms with Crippen LogP contribution in [0.4, 0.5) is 10.1 Å². The van der Waals surface area contributed by atoms with E-state index in [9.17, 15) is 9.18 Å². The second-order valence-corrected chi connectivity index (χ2v) is 5.66. The predicted octanol–water partition coefficient (Wildman–Crippen LogP) is 3.76. The zero-order valence-electron chi connectivity index (χ0n) is 13.6. The lowest BCUT2D eigenvalue weighted by molar-refractivity contribution is -0.120. The van der Waals surface area contributed by atoms with Crippen LogP contribution in [-0.2, 0) is 10.2 Å². The number of halogens is 1. The van der Waals surface area contributed by atoms with E-state index in [1.807, 2.05) is 0 Å². The molecule has 0 radical (unpaired) electrons. The largest absolute Gasteiger partial charge is 0.493 e. The Bertz CT molecular complexity index is 696. The third-order valence-corrected chi connectivity index (χ3v) is 3.77. The zero-order chi connectivity index (χ0) is 17.0. The van der Waals surface area contributed by atoms with Crippen LogP contribution in [0.5, 0.6) is 11.5 Å². The van der Waals surface area contributed by atoms with Crippen molar-refractivity contribution in [2.24, 2.45) is 0 Å². The Hall–Kier alpha value is -2.56.